The van der Waals surface area contributed by atoms with E-state index in [1.165, 1.54) is 0 Å². The number of carbonyl (C=O) groups excluding carboxylic acids is 1. The molecule has 0 aliphatic heterocycles. The summed E-state index contributed by atoms with van der Waals surface area (Å²) in [4.78, 5) is 10.3. The van der Waals surface area contributed by atoms with Gasteiger partial charge in [-0.05, 0) is 12.8 Å². The summed E-state index contributed by atoms with van der Waals surface area (Å²) in [5, 5.41) is 19.5. The van der Waals surface area contributed by atoms with Gasteiger partial charge in [-0.25, -0.2) is 0 Å². The van der Waals surface area contributed by atoms with Gasteiger partial charge in [0.2, 0.25) is 0 Å². The third-order valence-corrected chi connectivity index (χ3v) is 1.63. The summed E-state index contributed by atoms with van der Waals surface area (Å²) >= 11 is 0. The molecule has 0 spiro atoms. The highest BCUT2D eigenvalue weighted by Gasteiger charge is 2.24. The second-order valence-corrected chi connectivity index (χ2v) is 2.42. The monoisotopic (exact) mass is 145 g/mol. The van der Waals surface area contributed by atoms with Crippen LogP contribution in [0.1, 0.15) is 33.1 Å². The minimum Gasteiger partial charge on any atom is -0.547 e. The molecule has 0 radical (unpaired) electrons. The lowest BCUT2D eigenvalue weighted by molar-refractivity contribution is -0.325. The highest BCUT2D eigenvalue weighted by atomic mass is 16.4. The van der Waals surface area contributed by atoms with Crippen LogP contribution in [0.15, 0.2) is 0 Å². The first kappa shape index (κ1) is 9.43. The van der Waals surface area contributed by atoms with Crippen molar-refractivity contribution in [1.29, 1.82) is 0 Å². The molecule has 10 heavy (non-hydrogen) atoms. The fraction of sp³-hybridized carbons (Fsp3) is 0.857. The molecule has 0 rings (SSSR count). The molecule has 0 saturated carbocycles. The molecule has 60 valence electrons. The van der Waals surface area contributed by atoms with E-state index in [0.29, 0.717) is 6.42 Å². The van der Waals surface area contributed by atoms with E-state index in [4.69, 9.17) is 0 Å². The van der Waals surface area contributed by atoms with E-state index in [1.54, 1.807) is 6.92 Å². The third-order valence-electron chi connectivity index (χ3n) is 1.63. The van der Waals surface area contributed by atoms with Crippen LogP contribution in [-0.4, -0.2) is 16.7 Å². The molecular formula is C7H13O3-. The zero-order valence-corrected chi connectivity index (χ0v) is 6.39. The van der Waals surface area contributed by atoms with Gasteiger partial charge in [0.05, 0.1) is 5.97 Å². The van der Waals surface area contributed by atoms with Crippen LogP contribution in [0.25, 0.3) is 0 Å². The second-order valence-electron chi connectivity index (χ2n) is 2.42. The van der Waals surface area contributed by atoms with Gasteiger partial charge in [-0.3, -0.25) is 0 Å². The zero-order valence-electron chi connectivity index (χ0n) is 6.39. The van der Waals surface area contributed by atoms with Gasteiger partial charge < -0.3 is 15.0 Å². The van der Waals surface area contributed by atoms with Crippen molar-refractivity contribution >= 4 is 5.97 Å². The lowest BCUT2D eigenvalue weighted by Crippen LogP contribution is -2.47. The average molecular weight is 145 g/mol. The van der Waals surface area contributed by atoms with E-state index < -0.39 is 11.6 Å². The van der Waals surface area contributed by atoms with E-state index >= 15 is 0 Å². The molecule has 1 atom stereocenters. The molecule has 0 bridgehead atoms. The maximum absolute atomic E-state index is 10.3. The lowest BCUT2D eigenvalue weighted by Gasteiger charge is -2.26. The van der Waals surface area contributed by atoms with Crippen LogP contribution < -0.4 is 5.11 Å². The molecule has 3 nitrogen and oxygen atoms in total. The Kier molecular flexibility index (Phi) is 3.36. The van der Waals surface area contributed by atoms with Gasteiger partial charge in [0, 0.05) is 0 Å². The predicted molar refractivity (Wildman–Crippen MR) is 35.2 cm³/mol. The van der Waals surface area contributed by atoms with Gasteiger partial charge in [0.25, 0.3) is 0 Å². The number of hydrogen-bond donors (Lipinski definition) is 1. The topological polar surface area (TPSA) is 60.4 Å². The van der Waals surface area contributed by atoms with Gasteiger partial charge in [-0.2, -0.15) is 0 Å². The van der Waals surface area contributed by atoms with Crippen LogP contribution in [0.5, 0.6) is 0 Å². The van der Waals surface area contributed by atoms with Crippen molar-refractivity contribution in [2.75, 3.05) is 0 Å². The maximum Gasteiger partial charge on any atom is 0.104 e. The summed E-state index contributed by atoms with van der Waals surface area (Å²) in [6.07, 6.45) is 1.13. The summed E-state index contributed by atoms with van der Waals surface area (Å²) in [6, 6.07) is 0. The fourth-order valence-corrected chi connectivity index (χ4v) is 0.837. The van der Waals surface area contributed by atoms with Crippen LogP contribution in [-0.2, 0) is 4.79 Å². The Bertz CT molecular complexity index is 122. The maximum atomic E-state index is 10.3. The smallest absolute Gasteiger partial charge is 0.104 e. The summed E-state index contributed by atoms with van der Waals surface area (Å²) in [5.41, 5.74) is -1.60. The molecule has 0 aliphatic rings. The molecule has 3 heteroatoms. The Labute approximate surface area is 60.7 Å². The quantitative estimate of drug-likeness (QED) is 0.589. The molecular weight excluding hydrogens is 132 g/mol. The Balaban J connectivity index is 4.08. The molecule has 0 saturated heterocycles. The number of rotatable bonds is 4. The highest BCUT2D eigenvalue weighted by molar-refractivity contribution is 5.74. The van der Waals surface area contributed by atoms with Crippen molar-refractivity contribution in [3.63, 3.8) is 0 Å². The van der Waals surface area contributed by atoms with Crippen molar-refractivity contribution in [3.8, 4) is 0 Å². The summed E-state index contributed by atoms with van der Waals surface area (Å²) in [6.45, 7) is 3.45. The van der Waals surface area contributed by atoms with Gasteiger partial charge in [0.15, 0.2) is 0 Å². The normalized spacial score (nSPS) is 16.3. The first-order chi connectivity index (χ1) is 4.56. The Hall–Kier alpha value is -0.570. The largest absolute Gasteiger partial charge is 0.547 e. The SMILES string of the molecule is CCCC(O)(CC)C(=O)[O-]. The standard InChI is InChI=1S/C7H14O3/c1-3-5-7(10,4-2)6(8)9/h10H,3-5H2,1-2H3,(H,8,9)/p-1. The van der Waals surface area contributed by atoms with Gasteiger partial charge in [0.1, 0.15) is 5.60 Å². The van der Waals surface area contributed by atoms with Gasteiger partial charge in [-0.15, -0.1) is 0 Å². The molecule has 0 aromatic carbocycles. The van der Waals surface area contributed by atoms with E-state index in [0.717, 1.165) is 0 Å². The molecule has 0 aliphatic carbocycles. The van der Waals surface area contributed by atoms with Crippen LogP contribution in [0.3, 0.4) is 0 Å². The second kappa shape index (κ2) is 3.56. The van der Waals surface area contributed by atoms with Crippen LogP contribution in [0.4, 0.5) is 0 Å². The predicted octanol–water partition coefficient (Wildman–Crippen LogP) is -0.323. The van der Waals surface area contributed by atoms with Crippen LogP contribution in [0.2, 0.25) is 0 Å². The lowest BCUT2D eigenvalue weighted by atomic mass is 9.95. The van der Waals surface area contributed by atoms with Gasteiger partial charge >= 0.3 is 0 Å². The molecule has 0 aromatic rings. The molecule has 0 amide bonds. The van der Waals surface area contributed by atoms with E-state index in [2.05, 4.69) is 0 Å². The van der Waals surface area contributed by atoms with E-state index in [9.17, 15) is 15.0 Å². The fourth-order valence-electron chi connectivity index (χ4n) is 0.837. The van der Waals surface area contributed by atoms with Crippen molar-refractivity contribution in [2.45, 2.75) is 38.7 Å². The zero-order chi connectivity index (χ0) is 8.20. The van der Waals surface area contributed by atoms with E-state index in [1.807, 2.05) is 6.92 Å². The average Bonchev–Trinajstić information content (AvgIpc) is 1.88. The Morgan fingerprint density at radius 2 is 2.10 bits per heavy atom. The first-order valence-corrected chi connectivity index (χ1v) is 3.50. The molecule has 0 aromatic heterocycles. The van der Waals surface area contributed by atoms with Crippen molar-refractivity contribution in [1.82, 2.24) is 0 Å². The van der Waals surface area contributed by atoms with Crippen LogP contribution >= 0.6 is 0 Å². The number of carbonyl (C=O) groups is 1. The highest BCUT2D eigenvalue weighted by Crippen LogP contribution is 2.15. The molecule has 0 fully saturated rings. The molecule has 0 heterocycles. The van der Waals surface area contributed by atoms with Crippen molar-refractivity contribution in [3.05, 3.63) is 0 Å². The Morgan fingerprint density at radius 1 is 1.60 bits per heavy atom. The summed E-state index contributed by atoms with van der Waals surface area (Å²) < 4.78 is 0. The van der Waals surface area contributed by atoms with Crippen LogP contribution in [0, 0.1) is 0 Å². The van der Waals surface area contributed by atoms with Gasteiger partial charge in [-0.1, -0.05) is 20.3 Å². The summed E-state index contributed by atoms with van der Waals surface area (Å²) in [7, 11) is 0. The number of aliphatic hydroxyl groups is 1. The number of aliphatic carboxylic acids is 1. The number of hydrogen-bond acceptors (Lipinski definition) is 3. The first-order valence-electron chi connectivity index (χ1n) is 3.50. The molecule has 1 unspecified atom stereocenters. The molecule has 1 N–H and O–H groups in total. The third kappa shape index (κ3) is 1.99. The van der Waals surface area contributed by atoms with Crippen molar-refractivity contribution in [2.24, 2.45) is 0 Å². The minimum atomic E-state index is -1.60. The number of carboxylic acid groups (broad SMARTS) is 1. The summed E-state index contributed by atoms with van der Waals surface area (Å²) in [5.74, 6) is -1.36. The Morgan fingerprint density at radius 3 is 2.20 bits per heavy atom. The minimum absolute atomic E-state index is 0.211. The van der Waals surface area contributed by atoms with E-state index in [-0.39, 0.29) is 12.8 Å². The number of carboxylic acids is 1. The van der Waals surface area contributed by atoms with Crippen molar-refractivity contribution < 1.29 is 15.0 Å².